The van der Waals surface area contributed by atoms with Crippen LogP contribution in [0.3, 0.4) is 0 Å². The summed E-state index contributed by atoms with van der Waals surface area (Å²) in [5.74, 6) is 0.838. The number of ether oxygens (including phenoxy) is 1. The Balaban J connectivity index is 2.68. The zero-order chi connectivity index (χ0) is 10.6. The van der Waals surface area contributed by atoms with E-state index in [2.05, 4.69) is 15.9 Å². The molecule has 0 aliphatic carbocycles. The second kappa shape index (κ2) is 5.37. The van der Waals surface area contributed by atoms with Crippen LogP contribution in [-0.4, -0.2) is 16.5 Å². The Hall–Kier alpha value is -0.540. The average molecular weight is 259 g/mol. The third-order valence-corrected chi connectivity index (χ3v) is 2.40. The van der Waals surface area contributed by atoms with Crippen molar-refractivity contribution in [3.8, 4) is 5.75 Å². The number of rotatable bonds is 4. The van der Waals surface area contributed by atoms with Gasteiger partial charge in [-0.3, -0.25) is 0 Å². The normalized spacial score (nSPS) is 12.9. The summed E-state index contributed by atoms with van der Waals surface area (Å²) in [4.78, 5) is 0. The van der Waals surface area contributed by atoms with Gasteiger partial charge in [-0.1, -0.05) is 28.1 Å². The molecule has 0 fully saturated rings. The van der Waals surface area contributed by atoms with Crippen molar-refractivity contribution < 1.29 is 9.84 Å². The van der Waals surface area contributed by atoms with Gasteiger partial charge in [-0.2, -0.15) is 0 Å². The van der Waals surface area contributed by atoms with Crippen LogP contribution in [0.5, 0.6) is 5.75 Å². The van der Waals surface area contributed by atoms with Crippen molar-refractivity contribution in [3.63, 3.8) is 0 Å². The monoisotopic (exact) mass is 258 g/mol. The van der Waals surface area contributed by atoms with Crippen LogP contribution < -0.4 is 4.74 Å². The minimum Gasteiger partial charge on any atom is -0.491 e. The van der Waals surface area contributed by atoms with Gasteiger partial charge in [0, 0.05) is 5.33 Å². The van der Waals surface area contributed by atoms with Crippen molar-refractivity contribution in [1.29, 1.82) is 0 Å². The largest absolute Gasteiger partial charge is 0.491 e. The molecular formula is C11H15BrO2. The maximum absolute atomic E-state index is 9.51. The Morgan fingerprint density at radius 3 is 2.29 bits per heavy atom. The molecule has 0 amide bonds. The van der Waals surface area contributed by atoms with E-state index in [-0.39, 0.29) is 6.10 Å². The average Bonchev–Trinajstić information content (AvgIpc) is 2.17. The Kier molecular flexibility index (Phi) is 4.42. The molecule has 0 aromatic heterocycles. The fourth-order valence-electron chi connectivity index (χ4n) is 1.13. The lowest BCUT2D eigenvalue weighted by Crippen LogP contribution is -2.05. The molecule has 0 spiro atoms. The Labute approximate surface area is 93.0 Å². The molecule has 78 valence electrons. The first-order chi connectivity index (χ1) is 6.63. The molecule has 0 radical (unpaired) electrons. The number of halogens is 1. The van der Waals surface area contributed by atoms with E-state index >= 15 is 0 Å². The first kappa shape index (κ1) is 11.5. The van der Waals surface area contributed by atoms with Gasteiger partial charge >= 0.3 is 0 Å². The number of aliphatic hydroxyl groups is 1. The van der Waals surface area contributed by atoms with E-state index in [1.165, 1.54) is 0 Å². The lowest BCUT2D eigenvalue weighted by molar-refractivity contribution is 0.205. The number of aliphatic hydroxyl groups excluding tert-OH is 1. The van der Waals surface area contributed by atoms with Crippen LogP contribution in [0.25, 0.3) is 0 Å². The molecule has 3 heteroatoms. The van der Waals surface area contributed by atoms with E-state index in [4.69, 9.17) is 4.74 Å². The van der Waals surface area contributed by atoms with Gasteiger partial charge in [0.1, 0.15) is 5.75 Å². The van der Waals surface area contributed by atoms with Crippen molar-refractivity contribution in [2.75, 3.05) is 5.33 Å². The maximum atomic E-state index is 9.51. The highest BCUT2D eigenvalue weighted by Crippen LogP contribution is 2.19. The SMILES string of the molecule is CC(C)Oc1ccc(C(O)CBr)cc1. The third kappa shape index (κ3) is 3.31. The van der Waals surface area contributed by atoms with Gasteiger partial charge < -0.3 is 9.84 Å². The van der Waals surface area contributed by atoms with E-state index < -0.39 is 6.10 Å². The summed E-state index contributed by atoms with van der Waals surface area (Å²) in [6, 6.07) is 7.51. The molecule has 0 bridgehead atoms. The van der Waals surface area contributed by atoms with Crippen LogP contribution in [0.4, 0.5) is 0 Å². The summed E-state index contributed by atoms with van der Waals surface area (Å²) in [6.45, 7) is 3.97. The predicted octanol–water partition coefficient (Wildman–Crippen LogP) is 2.90. The van der Waals surface area contributed by atoms with Gasteiger partial charge in [-0.05, 0) is 31.5 Å². The van der Waals surface area contributed by atoms with Gasteiger partial charge in [0.15, 0.2) is 0 Å². The Morgan fingerprint density at radius 2 is 1.86 bits per heavy atom. The number of alkyl halides is 1. The van der Waals surface area contributed by atoms with Crippen molar-refractivity contribution >= 4 is 15.9 Å². The summed E-state index contributed by atoms with van der Waals surface area (Å²) in [6.07, 6.45) is -0.259. The van der Waals surface area contributed by atoms with Gasteiger partial charge in [0.2, 0.25) is 0 Å². The van der Waals surface area contributed by atoms with Gasteiger partial charge in [-0.25, -0.2) is 0 Å². The van der Waals surface area contributed by atoms with Crippen LogP contribution in [0.2, 0.25) is 0 Å². The molecule has 0 aliphatic rings. The third-order valence-electron chi connectivity index (χ3n) is 1.78. The molecule has 0 saturated carbocycles. The van der Waals surface area contributed by atoms with Crippen molar-refractivity contribution in [2.45, 2.75) is 26.1 Å². The summed E-state index contributed by atoms with van der Waals surface area (Å²) < 4.78 is 5.49. The molecule has 14 heavy (non-hydrogen) atoms. The molecule has 0 aliphatic heterocycles. The fraction of sp³-hybridized carbons (Fsp3) is 0.455. The molecule has 1 atom stereocenters. The van der Waals surface area contributed by atoms with Crippen molar-refractivity contribution in [2.24, 2.45) is 0 Å². The van der Waals surface area contributed by atoms with Crippen LogP contribution in [0, 0.1) is 0 Å². The Morgan fingerprint density at radius 1 is 1.29 bits per heavy atom. The van der Waals surface area contributed by atoms with Gasteiger partial charge in [0.25, 0.3) is 0 Å². The highest BCUT2D eigenvalue weighted by molar-refractivity contribution is 9.09. The van der Waals surface area contributed by atoms with E-state index in [0.717, 1.165) is 11.3 Å². The lowest BCUT2D eigenvalue weighted by Gasteiger charge is -2.11. The van der Waals surface area contributed by atoms with Crippen molar-refractivity contribution in [3.05, 3.63) is 29.8 Å². The van der Waals surface area contributed by atoms with E-state index in [1.807, 2.05) is 38.1 Å². The highest BCUT2D eigenvalue weighted by atomic mass is 79.9. The summed E-state index contributed by atoms with van der Waals surface area (Å²) in [5, 5.41) is 10.1. The second-order valence-corrected chi connectivity index (χ2v) is 4.05. The first-order valence-corrected chi connectivity index (χ1v) is 5.76. The maximum Gasteiger partial charge on any atom is 0.119 e. The second-order valence-electron chi connectivity index (χ2n) is 3.41. The molecule has 1 rings (SSSR count). The Bertz CT molecular complexity index is 269. The molecular weight excluding hydrogens is 244 g/mol. The quantitative estimate of drug-likeness (QED) is 0.842. The van der Waals surface area contributed by atoms with Crippen LogP contribution >= 0.6 is 15.9 Å². The number of hydrogen-bond donors (Lipinski definition) is 1. The van der Waals surface area contributed by atoms with E-state index in [9.17, 15) is 5.11 Å². The summed E-state index contributed by atoms with van der Waals surface area (Å²) in [5.41, 5.74) is 0.901. The fourth-order valence-corrected chi connectivity index (χ4v) is 1.50. The van der Waals surface area contributed by atoms with Crippen molar-refractivity contribution in [1.82, 2.24) is 0 Å². The standard InChI is InChI=1S/C11H15BrO2/c1-8(2)14-10-5-3-9(4-6-10)11(13)7-12/h3-6,8,11,13H,7H2,1-2H3. The predicted molar refractivity (Wildman–Crippen MR) is 61.0 cm³/mol. The molecule has 1 unspecified atom stereocenters. The first-order valence-electron chi connectivity index (χ1n) is 4.64. The minimum atomic E-state index is -0.442. The molecule has 1 N–H and O–H groups in total. The molecule has 2 nitrogen and oxygen atoms in total. The van der Waals surface area contributed by atoms with Crippen LogP contribution in [0.15, 0.2) is 24.3 Å². The van der Waals surface area contributed by atoms with Crippen LogP contribution in [-0.2, 0) is 0 Å². The van der Waals surface area contributed by atoms with Gasteiger partial charge in [-0.15, -0.1) is 0 Å². The van der Waals surface area contributed by atoms with E-state index in [1.54, 1.807) is 0 Å². The zero-order valence-electron chi connectivity index (χ0n) is 8.40. The topological polar surface area (TPSA) is 29.5 Å². The number of benzene rings is 1. The highest BCUT2D eigenvalue weighted by Gasteiger charge is 2.05. The molecule has 0 saturated heterocycles. The molecule has 1 aromatic rings. The molecule has 1 aromatic carbocycles. The zero-order valence-corrected chi connectivity index (χ0v) is 9.99. The van der Waals surface area contributed by atoms with Gasteiger partial charge in [0.05, 0.1) is 12.2 Å². The minimum absolute atomic E-state index is 0.182. The van der Waals surface area contributed by atoms with Crippen LogP contribution in [0.1, 0.15) is 25.5 Å². The lowest BCUT2D eigenvalue weighted by atomic mass is 10.1. The molecule has 0 heterocycles. The smallest absolute Gasteiger partial charge is 0.119 e. The van der Waals surface area contributed by atoms with E-state index in [0.29, 0.717) is 5.33 Å². The summed E-state index contributed by atoms with van der Waals surface area (Å²) >= 11 is 3.23. The number of hydrogen-bond acceptors (Lipinski definition) is 2. The summed E-state index contributed by atoms with van der Waals surface area (Å²) in [7, 11) is 0.